The van der Waals surface area contributed by atoms with E-state index in [1.54, 1.807) is 11.8 Å². The lowest BCUT2D eigenvalue weighted by Gasteiger charge is -2.40. The number of thioether (sulfide) groups is 1. The van der Waals surface area contributed by atoms with E-state index in [1.165, 1.54) is 0 Å². The van der Waals surface area contributed by atoms with Crippen LogP contribution in [0, 0.1) is 0 Å². The van der Waals surface area contributed by atoms with E-state index in [4.69, 9.17) is 14.5 Å². The van der Waals surface area contributed by atoms with E-state index in [1.807, 2.05) is 75.4 Å². The number of benzene rings is 2. The molecule has 0 aromatic heterocycles. The predicted octanol–water partition coefficient (Wildman–Crippen LogP) is 4.92. The number of amides is 1. The number of hydrogen-bond acceptors (Lipinski definition) is 7. The largest absolute Gasteiger partial charge is 0.459 e. The molecule has 1 N–H and O–H groups in total. The Morgan fingerprint density at radius 3 is 2.60 bits per heavy atom. The highest BCUT2D eigenvalue weighted by atomic mass is 32.2. The topological polar surface area (TPSA) is 80.2 Å². The van der Waals surface area contributed by atoms with Crippen LogP contribution < -0.4 is 5.32 Å². The summed E-state index contributed by atoms with van der Waals surface area (Å²) in [4.78, 5) is 32.3. The molecule has 2 aromatic rings. The molecule has 2 aliphatic heterocycles. The highest BCUT2D eigenvalue weighted by Gasteiger charge is 2.38. The van der Waals surface area contributed by atoms with Crippen molar-refractivity contribution in [3.05, 3.63) is 77.0 Å². The van der Waals surface area contributed by atoms with Gasteiger partial charge in [-0.25, -0.2) is 9.79 Å². The van der Waals surface area contributed by atoms with E-state index in [-0.39, 0.29) is 30.6 Å². The fourth-order valence-corrected chi connectivity index (χ4v) is 5.16. The minimum atomic E-state index is -0.339. The van der Waals surface area contributed by atoms with Gasteiger partial charge in [0.1, 0.15) is 6.61 Å². The van der Waals surface area contributed by atoms with Crippen LogP contribution in [-0.2, 0) is 25.7 Å². The molecule has 184 valence electrons. The number of hydrogen-bond donors (Lipinski definition) is 1. The average molecular weight is 494 g/mol. The molecule has 35 heavy (non-hydrogen) atoms. The van der Waals surface area contributed by atoms with Gasteiger partial charge in [0.2, 0.25) is 5.91 Å². The second-order valence-corrected chi connectivity index (χ2v) is 9.86. The minimum Gasteiger partial charge on any atom is -0.459 e. The number of rotatable bonds is 8. The molecule has 0 bridgehead atoms. The van der Waals surface area contributed by atoms with Gasteiger partial charge in [-0.1, -0.05) is 54.2 Å². The Hall–Kier alpha value is -3.10. The van der Waals surface area contributed by atoms with Crippen molar-refractivity contribution in [2.75, 3.05) is 24.2 Å². The Kier molecular flexibility index (Phi) is 8.25. The fourth-order valence-electron chi connectivity index (χ4n) is 4.14. The van der Waals surface area contributed by atoms with Gasteiger partial charge in [0, 0.05) is 18.0 Å². The fraction of sp³-hybridized carbons (Fsp3) is 0.370. The summed E-state index contributed by atoms with van der Waals surface area (Å²) >= 11 is 1.71. The average Bonchev–Trinajstić information content (AvgIpc) is 2.84. The van der Waals surface area contributed by atoms with Crippen molar-refractivity contribution in [1.82, 2.24) is 4.90 Å². The van der Waals surface area contributed by atoms with Gasteiger partial charge in [-0.3, -0.25) is 4.79 Å². The van der Waals surface area contributed by atoms with Crippen molar-refractivity contribution in [3.8, 4) is 0 Å². The zero-order valence-corrected chi connectivity index (χ0v) is 21.1. The lowest BCUT2D eigenvalue weighted by Crippen LogP contribution is -2.42. The van der Waals surface area contributed by atoms with E-state index < -0.39 is 0 Å². The van der Waals surface area contributed by atoms with Crippen molar-refractivity contribution < 1.29 is 19.1 Å². The minimum absolute atomic E-state index is 0.0305. The van der Waals surface area contributed by atoms with E-state index in [2.05, 4.69) is 10.2 Å². The van der Waals surface area contributed by atoms with Crippen LogP contribution >= 0.6 is 11.8 Å². The number of aliphatic imine (C=N–C) groups is 1. The molecule has 2 heterocycles. The number of nitrogens with one attached hydrogen (secondary N) is 1. The number of amidine groups is 1. The maximum atomic E-state index is 13.0. The molecule has 2 aromatic carbocycles. The van der Waals surface area contributed by atoms with Crippen molar-refractivity contribution in [2.24, 2.45) is 4.99 Å². The number of nitrogens with zero attached hydrogens (tertiary/aromatic N) is 2. The first-order chi connectivity index (χ1) is 16.9. The second-order valence-electron chi connectivity index (χ2n) is 8.79. The van der Waals surface area contributed by atoms with Crippen LogP contribution in [0.25, 0.3) is 0 Å². The zero-order chi connectivity index (χ0) is 24.8. The number of allylic oxidation sites excluding steroid dienone is 1. The lowest BCUT2D eigenvalue weighted by molar-refractivity contribution is -0.143. The number of fused-ring (bicyclic) bond motifs is 1. The monoisotopic (exact) mass is 493 g/mol. The van der Waals surface area contributed by atoms with E-state index >= 15 is 0 Å². The van der Waals surface area contributed by atoms with E-state index in [9.17, 15) is 9.59 Å². The standard InChI is InChI=1S/C27H31N3O4S/c1-18(2)34-26(32)24-19(3)28-27-30(14-7-15-35-27)25(24)21-10-12-22(13-11-21)29-23(31)17-33-16-20-8-5-4-6-9-20/h4-6,8-13,18,25H,7,14-17H2,1-3H3,(H,29,31). The van der Waals surface area contributed by atoms with Crippen LogP contribution in [0.5, 0.6) is 0 Å². The van der Waals surface area contributed by atoms with Gasteiger partial charge in [0.25, 0.3) is 0 Å². The quantitative estimate of drug-likeness (QED) is 0.526. The Bertz CT molecular complexity index is 1110. The molecule has 1 fully saturated rings. The number of ether oxygens (including phenoxy) is 2. The van der Waals surface area contributed by atoms with Crippen molar-refractivity contribution >= 4 is 34.5 Å². The molecular formula is C27H31N3O4S. The molecule has 0 radical (unpaired) electrons. The maximum Gasteiger partial charge on any atom is 0.338 e. The van der Waals surface area contributed by atoms with Crippen LogP contribution in [0.1, 0.15) is 44.4 Å². The molecule has 0 spiro atoms. The summed E-state index contributed by atoms with van der Waals surface area (Å²) in [6, 6.07) is 17.1. The number of carbonyl (C=O) groups excluding carboxylic acids is 2. The molecular weight excluding hydrogens is 462 g/mol. The van der Waals surface area contributed by atoms with Crippen LogP contribution in [0.3, 0.4) is 0 Å². The van der Waals surface area contributed by atoms with Crippen molar-refractivity contribution in [3.63, 3.8) is 0 Å². The highest BCUT2D eigenvalue weighted by molar-refractivity contribution is 8.13. The summed E-state index contributed by atoms with van der Waals surface area (Å²) in [5.74, 6) is 0.456. The molecule has 1 saturated heterocycles. The normalized spacial score (nSPS) is 17.7. The summed E-state index contributed by atoms with van der Waals surface area (Å²) < 4.78 is 11.1. The van der Waals surface area contributed by atoms with Gasteiger partial charge in [-0.05, 0) is 50.5 Å². The van der Waals surface area contributed by atoms with Gasteiger partial charge < -0.3 is 19.7 Å². The molecule has 2 aliphatic rings. The highest BCUT2D eigenvalue weighted by Crippen LogP contribution is 2.40. The lowest BCUT2D eigenvalue weighted by atomic mass is 9.94. The molecule has 7 nitrogen and oxygen atoms in total. The number of esters is 1. The van der Waals surface area contributed by atoms with Gasteiger partial charge in [-0.15, -0.1) is 0 Å². The first-order valence-electron chi connectivity index (χ1n) is 11.8. The summed E-state index contributed by atoms with van der Waals surface area (Å²) in [7, 11) is 0. The summed E-state index contributed by atoms with van der Waals surface area (Å²) in [5.41, 5.74) is 3.90. The van der Waals surface area contributed by atoms with Gasteiger partial charge >= 0.3 is 5.97 Å². The maximum absolute atomic E-state index is 13.0. The van der Waals surface area contributed by atoms with Gasteiger partial charge in [0.15, 0.2) is 5.17 Å². The van der Waals surface area contributed by atoms with Crippen LogP contribution in [0.15, 0.2) is 70.9 Å². The zero-order valence-electron chi connectivity index (χ0n) is 20.3. The third-order valence-corrected chi connectivity index (χ3v) is 6.75. The Morgan fingerprint density at radius 1 is 1.14 bits per heavy atom. The predicted molar refractivity (Wildman–Crippen MR) is 139 cm³/mol. The van der Waals surface area contributed by atoms with Gasteiger partial charge in [-0.2, -0.15) is 0 Å². The Labute approximate surface area is 210 Å². The molecule has 0 saturated carbocycles. The Morgan fingerprint density at radius 2 is 1.89 bits per heavy atom. The first kappa shape index (κ1) is 25.0. The molecule has 1 unspecified atom stereocenters. The SMILES string of the molecule is CC1=C(C(=O)OC(C)C)C(c2ccc(NC(=O)COCc3ccccc3)cc2)N2CCCSC2=N1. The summed E-state index contributed by atoms with van der Waals surface area (Å²) in [6.45, 7) is 6.73. The molecule has 1 atom stereocenters. The van der Waals surface area contributed by atoms with E-state index in [0.29, 0.717) is 23.6 Å². The molecule has 8 heteroatoms. The summed E-state index contributed by atoms with van der Waals surface area (Å²) in [5, 5.41) is 3.81. The Balaban J connectivity index is 1.46. The summed E-state index contributed by atoms with van der Waals surface area (Å²) in [6.07, 6.45) is 0.800. The van der Waals surface area contributed by atoms with Gasteiger partial charge in [0.05, 0.1) is 30.0 Å². The smallest absolute Gasteiger partial charge is 0.338 e. The molecule has 1 amide bonds. The van der Waals surface area contributed by atoms with Crippen LogP contribution in [-0.4, -0.2) is 47.0 Å². The van der Waals surface area contributed by atoms with E-state index in [0.717, 1.165) is 35.0 Å². The molecule has 0 aliphatic carbocycles. The molecule has 4 rings (SSSR count). The number of anilines is 1. The number of carbonyl (C=O) groups is 2. The second kappa shape index (κ2) is 11.6. The first-order valence-corrected chi connectivity index (χ1v) is 12.8. The third-order valence-electron chi connectivity index (χ3n) is 5.68. The third kappa shape index (κ3) is 6.32. The van der Waals surface area contributed by atoms with Crippen LogP contribution in [0.2, 0.25) is 0 Å². The van der Waals surface area contributed by atoms with Crippen molar-refractivity contribution in [1.29, 1.82) is 0 Å². The van der Waals surface area contributed by atoms with Crippen molar-refractivity contribution in [2.45, 2.75) is 45.9 Å². The van der Waals surface area contributed by atoms with Crippen LogP contribution in [0.4, 0.5) is 5.69 Å².